The van der Waals surface area contributed by atoms with Crippen molar-refractivity contribution in [3.05, 3.63) is 11.8 Å². The third-order valence-electron chi connectivity index (χ3n) is 2.48. The topological polar surface area (TPSA) is 75.3 Å². The molecule has 0 radical (unpaired) electrons. The highest BCUT2D eigenvalue weighted by molar-refractivity contribution is 7.89. The van der Waals surface area contributed by atoms with Crippen LogP contribution in [-0.2, 0) is 20.6 Å². The lowest BCUT2D eigenvalue weighted by molar-refractivity contribution is 0.170. The van der Waals surface area contributed by atoms with Crippen molar-refractivity contribution in [1.82, 2.24) is 14.5 Å². The molecule has 0 aliphatic carbocycles. The first kappa shape index (κ1) is 15.4. The first-order valence-corrected chi connectivity index (χ1v) is 7.51. The Hall–Kier alpha value is -0.630. The molecule has 1 aromatic rings. The molecule has 8 heteroatoms. The Morgan fingerprint density at radius 3 is 2.72 bits per heavy atom. The van der Waals surface area contributed by atoms with Gasteiger partial charge in [-0.25, -0.2) is 8.42 Å². The first-order valence-electron chi connectivity index (χ1n) is 5.54. The second-order valence-corrected chi connectivity index (χ2v) is 6.15. The lowest BCUT2D eigenvalue weighted by Crippen LogP contribution is -2.39. The van der Waals surface area contributed by atoms with Gasteiger partial charge in [0, 0.05) is 25.3 Å². The standard InChI is InChI=1S/C10H18ClN3O3S/c1-8(2)14(4-5-17-3)18(15,16)10-9(6-11)7-12-13-10/h7-8H,4-6H2,1-3H3,(H,12,13). The third kappa shape index (κ3) is 3.23. The van der Waals surface area contributed by atoms with E-state index < -0.39 is 10.0 Å². The fourth-order valence-electron chi connectivity index (χ4n) is 1.57. The van der Waals surface area contributed by atoms with Crippen molar-refractivity contribution >= 4 is 21.6 Å². The minimum Gasteiger partial charge on any atom is -0.383 e. The number of sulfonamides is 1. The predicted octanol–water partition coefficient (Wildman–Crippen LogP) is 1.19. The van der Waals surface area contributed by atoms with E-state index in [1.807, 2.05) is 13.8 Å². The zero-order valence-corrected chi connectivity index (χ0v) is 12.3. The Morgan fingerprint density at radius 2 is 2.22 bits per heavy atom. The van der Waals surface area contributed by atoms with Crippen LogP contribution in [0.4, 0.5) is 0 Å². The summed E-state index contributed by atoms with van der Waals surface area (Å²) in [6.07, 6.45) is 1.43. The SMILES string of the molecule is COCCN(C(C)C)S(=O)(=O)c1[nH]ncc1CCl. The molecule has 0 atom stereocenters. The van der Waals surface area contributed by atoms with Gasteiger partial charge in [0.1, 0.15) is 0 Å². The third-order valence-corrected chi connectivity index (χ3v) is 4.86. The minimum absolute atomic E-state index is 0.0577. The molecule has 1 N–H and O–H groups in total. The summed E-state index contributed by atoms with van der Waals surface area (Å²) < 4.78 is 31.2. The number of alkyl halides is 1. The average Bonchev–Trinajstić information content (AvgIpc) is 2.77. The maximum Gasteiger partial charge on any atom is 0.260 e. The molecule has 0 saturated heterocycles. The molecule has 0 amide bonds. The Kier molecular flexibility index (Phi) is 5.58. The van der Waals surface area contributed by atoms with Crippen molar-refractivity contribution in [3.63, 3.8) is 0 Å². The quantitative estimate of drug-likeness (QED) is 0.767. The van der Waals surface area contributed by atoms with Crippen LogP contribution in [0, 0.1) is 0 Å². The van der Waals surface area contributed by atoms with E-state index >= 15 is 0 Å². The Balaban J connectivity index is 3.09. The molecule has 6 nitrogen and oxygen atoms in total. The fraction of sp³-hybridized carbons (Fsp3) is 0.700. The number of aromatic amines is 1. The van der Waals surface area contributed by atoms with Crippen molar-refractivity contribution < 1.29 is 13.2 Å². The van der Waals surface area contributed by atoms with Crippen molar-refractivity contribution in [2.24, 2.45) is 0 Å². The van der Waals surface area contributed by atoms with Crippen molar-refractivity contribution in [1.29, 1.82) is 0 Å². The van der Waals surface area contributed by atoms with Crippen LogP contribution in [0.5, 0.6) is 0 Å². The van der Waals surface area contributed by atoms with Gasteiger partial charge in [0.15, 0.2) is 5.03 Å². The molecule has 0 aliphatic rings. The molecular formula is C10H18ClN3O3S. The highest BCUT2D eigenvalue weighted by atomic mass is 35.5. The molecule has 1 aromatic heterocycles. The maximum atomic E-state index is 12.5. The largest absolute Gasteiger partial charge is 0.383 e. The molecule has 0 saturated carbocycles. The number of rotatable bonds is 7. The van der Waals surface area contributed by atoms with E-state index in [4.69, 9.17) is 16.3 Å². The normalized spacial score (nSPS) is 12.6. The molecule has 0 aliphatic heterocycles. The smallest absolute Gasteiger partial charge is 0.260 e. The zero-order valence-electron chi connectivity index (χ0n) is 10.7. The van der Waals surface area contributed by atoms with Crippen LogP contribution >= 0.6 is 11.6 Å². The van der Waals surface area contributed by atoms with Crippen LogP contribution in [0.2, 0.25) is 0 Å². The number of methoxy groups -OCH3 is 1. The Morgan fingerprint density at radius 1 is 1.56 bits per heavy atom. The second-order valence-electron chi connectivity index (χ2n) is 4.06. The van der Waals surface area contributed by atoms with Gasteiger partial charge in [-0.1, -0.05) is 0 Å². The van der Waals surface area contributed by atoms with Gasteiger partial charge >= 0.3 is 0 Å². The summed E-state index contributed by atoms with van der Waals surface area (Å²) in [5.74, 6) is 0.0985. The van der Waals surface area contributed by atoms with Gasteiger partial charge in [-0.3, -0.25) is 5.10 Å². The van der Waals surface area contributed by atoms with Gasteiger partial charge in [-0.15, -0.1) is 11.6 Å². The van der Waals surface area contributed by atoms with Crippen LogP contribution in [-0.4, -0.2) is 49.2 Å². The van der Waals surface area contributed by atoms with Gasteiger partial charge in [0.25, 0.3) is 10.0 Å². The number of nitrogens with one attached hydrogen (secondary N) is 1. The van der Waals surface area contributed by atoms with Crippen molar-refractivity contribution in [2.45, 2.75) is 30.8 Å². The molecule has 104 valence electrons. The number of hydrogen-bond acceptors (Lipinski definition) is 4. The highest BCUT2D eigenvalue weighted by Gasteiger charge is 2.30. The summed E-state index contributed by atoms with van der Waals surface area (Å²) in [5.41, 5.74) is 0.472. The van der Waals surface area contributed by atoms with Crippen LogP contribution in [0.25, 0.3) is 0 Å². The highest BCUT2D eigenvalue weighted by Crippen LogP contribution is 2.20. The van der Waals surface area contributed by atoms with Crippen LogP contribution in [0.1, 0.15) is 19.4 Å². The van der Waals surface area contributed by atoms with Crippen molar-refractivity contribution in [2.75, 3.05) is 20.3 Å². The van der Waals surface area contributed by atoms with Gasteiger partial charge in [0.05, 0.1) is 18.7 Å². The van der Waals surface area contributed by atoms with Crippen LogP contribution < -0.4 is 0 Å². The monoisotopic (exact) mass is 295 g/mol. The van der Waals surface area contributed by atoms with Gasteiger partial charge in [-0.2, -0.15) is 9.40 Å². The van der Waals surface area contributed by atoms with Gasteiger partial charge < -0.3 is 4.74 Å². The van der Waals surface area contributed by atoms with E-state index in [9.17, 15) is 8.42 Å². The van der Waals surface area contributed by atoms with E-state index in [2.05, 4.69) is 10.2 Å². The summed E-state index contributed by atoms with van der Waals surface area (Å²) in [7, 11) is -2.09. The number of H-pyrrole nitrogens is 1. The Bertz CT molecular complexity index is 472. The van der Waals surface area contributed by atoms with E-state index in [0.717, 1.165) is 0 Å². The number of halogens is 1. The minimum atomic E-state index is -3.62. The van der Waals surface area contributed by atoms with E-state index in [-0.39, 0.29) is 23.5 Å². The van der Waals surface area contributed by atoms with Gasteiger partial charge in [0.2, 0.25) is 0 Å². The fourth-order valence-corrected chi connectivity index (χ4v) is 3.58. The number of aromatic nitrogens is 2. The first-order chi connectivity index (χ1) is 8.45. The lowest BCUT2D eigenvalue weighted by atomic mass is 10.4. The molecule has 1 rings (SSSR count). The van der Waals surface area contributed by atoms with E-state index in [1.54, 1.807) is 0 Å². The maximum absolute atomic E-state index is 12.5. The van der Waals surface area contributed by atoms with Crippen molar-refractivity contribution in [3.8, 4) is 0 Å². The van der Waals surface area contributed by atoms with Crippen LogP contribution in [0.3, 0.4) is 0 Å². The molecule has 1 heterocycles. The summed E-state index contributed by atoms with van der Waals surface area (Å²) in [6, 6.07) is -0.170. The second kappa shape index (κ2) is 6.51. The predicted molar refractivity (Wildman–Crippen MR) is 69.0 cm³/mol. The summed E-state index contributed by atoms with van der Waals surface area (Å²) in [5, 5.41) is 6.30. The molecule has 18 heavy (non-hydrogen) atoms. The number of hydrogen-bond donors (Lipinski definition) is 1. The number of ether oxygens (including phenoxy) is 1. The summed E-state index contributed by atoms with van der Waals surface area (Å²) >= 11 is 5.70. The molecule has 0 bridgehead atoms. The summed E-state index contributed by atoms with van der Waals surface area (Å²) in [4.78, 5) is 0. The van der Waals surface area contributed by atoms with E-state index in [0.29, 0.717) is 12.2 Å². The van der Waals surface area contributed by atoms with Gasteiger partial charge in [-0.05, 0) is 13.8 Å². The Labute approximate surface area is 112 Å². The molecule has 0 fully saturated rings. The van der Waals surface area contributed by atoms with Crippen LogP contribution in [0.15, 0.2) is 11.2 Å². The molecule has 0 spiro atoms. The summed E-state index contributed by atoms with van der Waals surface area (Å²) in [6.45, 7) is 4.24. The lowest BCUT2D eigenvalue weighted by Gasteiger charge is -2.25. The molecule has 0 unspecified atom stereocenters. The van der Waals surface area contributed by atoms with E-state index in [1.165, 1.54) is 17.6 Å². The number of nitrogens with zero attached hydrogens (tertiary/aromatic N) is 2. The molecular weight excluding hydrogens is 278 g/mol. The molecule has 0 aromatic carbocycles. The zero-order chi connectivity index (χ0) is 13.8. The average molecular weight is 296 g/mol.